The van der Waals surface area contributed by atoms with Crippen LogP contribution >= 0.6 is 23.3 Å². The summed E-state index contributed by atoms with van der Waals surface area (Å²) in [4.78, 5) is 30.7. The predicted molar refractivity (Wildman–Crippen MR) is 131 cm³/mol. The lowest BCUT2D eigenvalue weighted by atomic mass is 10.1. The molecule has 0 bridgehead atoms. The van der Waals surface area contributed by atoms with Crippen LogP contribution in [-0.4, -0.2) is 37.6 Å². The minimum Gasteiger partial charge on any atom is -0.462 e. The lowest BCUT2D eigenvalue weighted by Crippen LogP contribution is -2.18. The van der Waals surface area contributed by atoms with Gasteiger partial charge in [-0.3, -0.25) is 4.79 Å². The Balaban J connectivity index is 1.64. The van der Waals surface area contributed by atoms with Crippen molar-refractivity contribution in [2.45, 2.75) is 6.92 Å². The molecule has 7 nitrogen and oxygen atoms in total. The maximum Gasteiger partial charge on any atom is 0.341 e. The highest BCUT2D eigenvalue weighted by Crippen LogP contribution is 2.35. The standard InChI is InChI=1S/C23H23N3O4S2/c1-3-29-23(28)19-13-20(17-9-5-4-6-10-17)32-22(19)25-21(27)15-30-24-14-16-8-7-11-18(12-16)26-31-2/h4-14,26H,3,15H2,1-2H3,(H,25,27)/b24-14+. The summed E-state index contributed by atoms with van der Waals surface area (Å²) in [5.41, 5.74) is 3.03. The normalized spacial score (nSPS) is 10.7. The van der Waals surface area contributed by atoms with Crippen molar-refractivity contribution in [3.63, 3.8) is 0 Å². The lowest BCUT2D eigenvalue weighted by molar-refractivity contribution is -0.120. The number of benzene rings is 2. The summed E-state index contributed by atoms with van der Waals surface area (Å²) >= 11 is 2.79. The Morgan fingerprint density at radius 1 is 1.12 bits per heavy atom. The van der Waals surface area contributed by atoms with E-state index in [4.69, 9.17) is 9.57 Å². The number of rotatable bonds is 10. The molecule has 9 heteroatoms. The second-order valence-corrected chi connectivity index (χ2v) is 8.09. The molecule has 32 heavy (non-hydrogen) atoms. The average Bonchev–Trinajstić information content (AvgIpc) is 3.22. The first-order valence-electron chi connectivity index (χ1n) is 9.81. The maximum absolute atomic E-state index is 12.4. The van der Waals surface area contributed by atoms with E-state index in [0.29, 0.717) is 10.6 Å². The minimum atomic E-state index is -0.487. The zero-order chi connectivity index (χ0) is 22.8. The van der Waals surface area contributed by atoms with E-state index in [1.165, 1.54) is 29.5 Å². The van der Waals surface area contributed by atoms with E-state index in [2.05, 4.69) is 15.2 Å². The number of carbonyl (C=O) groups is 2. The van der Waals surface area contributed by atoms with Gasteiger partial charge in [0.05, 0.1) is 18.4 Å². The molecule has 0 unspecified atom stereocenters. The van der Waals surface area contributed by atoms with Crippen molar-refractivity contribution >= 4 is 52.1 Å². The summed E-state index contributed by atoms with van der Waals surface area (Å²) in [5.74, 6) is -0.911. The molecular weight excluding hydrogens is 446 g/mol. The first-order valence-corrected chi connectivity index (χ1v) is 11.9. The summed E-state index contributed by atoms with van der Waals surface area (Å²) in [5, 5.41) is 7.00. The number of thiophene rings is 1. The van der Waals surface area contributed by atoms with Gasteiger partial charge in [0.1, 0.15) is 5.00 Å². The molecule has 0 aliphatic heterocycles. The average molecular weight is 470 g/mol. The predicted octanol–water partition coefficient (Wildman–Crippen LogP) is 5.27. The fraction of sp³-hybridized carbons (Fsp3) is 0.174. The quantitative estimate of drug-likeness (QED) is 0.182. The van der Waals surface area contributed by atoms with E-state index in [1.54, 1.807) is 13.0 Å². The van der Waals surface area contributed by atoms with Crippen molar-refractivity contribution in [2.75, 3.05) is 29.5 Å². The van der Waals surface area contributed by atoms with Crippen LogP contribution in [0.15, 0.2) is 65.8 Å². The lowest BCUT2D eigenvalue weighted by Gasteiger charge is -2.05. The molecule has 0 spiro atoms. The number of nitrogens with one attached hydrogen (secondary N) is 2. The van der Waals surface area contributed by atoms with Crippen LogP contribution in [0.3, 0.4) is 0 Å². The Hall–Kier alpha value is -3.30. The van der Waals surface area contributed by atoms with Crippen LogP contribution in [0.1, 0.15) is 22.8 Å². The van der Waals surface area contributed by atoms with Crippen molar-refractivity contribution in [1.29, 1.82) is 0 Å². The second kappa shape index (κ2) is 11.9. The summed E-state index contributed by atoms with van der Waals surface area (Å²) < 4.78 is 8.26. The molecule has 3 aromatic rings. The van der Waals surface area contributed by atoms with Gasteiger partial charge in [-0.2, -0.15) is 0 Å². The molecule has 0 aliphatic rings. The van der Waals surface area contributed by atoms with E-state index < -0.39 is 11.9 Å². The van der Waals surface area contributed by atoms with Gasteiger partial charge in [0.25, 0.3) is 5.91 Å². The topological polar surface area (TPSA) is 89.0 Å². The smallest absolute Gasteiger partial charge is 0.341 e. The number of esters is 1. The number of carbonyl (C=O) groups excluding carboxylic acids is 2. The molecule has 0 fully saturated rings. The van der Waals surface area contributed by atoms with E-state index in [9.17, 15) is 9.59 Å². The number of hydrogen-bond acceptors (Lipinski definition) is 8. The van der Waals surface area contributed by atoms with Crippen molar-refractivity contribution < 1.29 is 19.2 Å². The molecule has 0 saturated carbocycles. The molecule has 0 aliphatic carbocycles. The van der Waals surface area contributed by atoms with Crippen molar-refractivity contribution in [2.24, 2.45) is 5.16 Å². The number of ether oxygens (including phenoxy) is 1. The van der Waals surface area contributed by atoms with E-state index in [-0.39, 0.29) is 13.2 Å². The van der Waals surface area contributed by atoms with Crippen molar-refractivity contribution in [3.8, 4) is 10.4 Å². The van der Waals surface area contributed by atoms with Gasteiger partial charge in [-0.15, -0.1) is 11.3 Å². The molecule has 1 amide bonds. The first-order chi connectivity index (χ1) is 15.6. The van der Waals surface area contributed by atoms with Gasteiger partial charge in [-0.25, -0.2) is 4.79 Å². The monoisotopic (exact) mass is 469 g/mol. The summed E-state index contributed by atoms with van der Waals surface area (Å²) in [6.45, 7) is 1.69. The molecule has 0 atom stereocenters. The Labute approximate surface area is 194 Å². The van der Waals surface area contributed by atoms with Gasteiger partial charge in [0.2, 0.25) is 0 Å². The van der Waals surface area contributed by atoms with Crippen molar-refractivity contribution in [3.05, 3.63) is 71.8 Å². The Kier molecular flexibility index (Phi) is 8.70. The zero-order valence-corrected chi connectivity index (χ0v) is 19.3. The Bertz CT molecular complexity index is 1080. The first kappa shape index (κ1) is 23.4. The Morgan fingerprint density at radius 2 is 1.94 bits per heavy atom. The third kappa shape index (κ3) is 6.60. The molecule has 2 N–H and O–H groups in total. The number of amides is 1. The van der Waals surface area contributed by atoms with Gasteiger partial charge in [-0.1, -0.05) is 59.6 Å². The van der Waals surface area contributed by atoms with Gasteiger partial charge >= 0.3 is 5.97 Å². The van der Waals surface area contributed by atoms with Gasteiger partial charge in [-0.05, 0) is 36.2 Å². The highest BCUT2D eigenvalue weighted by atomic mass is 32.2. The molecule has 2 aromatic carbocycles. The number of anilines is 2. The van der Waals surface area contributed by atoms with E-state index in [0.717, 1.165) is 21.7 Å². The number of nitrogens with zero attached hydrogens (tertiary/aromatic N) is 1. The van der Waals surface area contributed by atoms with Crippen LogP contribution < -0.4 is 10.0 Å². The zero-order valence-electron chi connectivity index (χ0n) is 17.7. The van der Waals surface area contributed by atoms with Gasteiger partial charge < -0.3 is 19.6 Å². The van der Waals surface area contributed by atoms with Gasteiger partial charge in [0, 0.05) is 16.8 Å². The largest absolute Gasteiger partial charge is 0.462 e. The van der Waals surface area contributed by atoms with Crippen LogP contribution in [0.5, 0.6) is 0 Å². The Morgan fingerprint density at radius 3 is 2.69 bits per heavy atom. The fourth-order valence-corrected chi connectivity index (χ4v) is 4.18. The SMILES string of the molecule is CCOC(=O)c1cc(-c2ccccc2)sc1NC(=O)CO/N=C/c1cccc(NSC)c1. The minimum absolute atomic E-state index is 0.244. The molecule has 0 radical (unpaired) electrons. The molecular formula is C23H23N3O4S2. The summed E-state index contributed by atoms with van der Waals surface area (Å²) in [6.07, 6.45) is 3.47. The molecule has 3 rings (SSSR count). The molecule has 0 saturated heterocycles. The molecule has 1 aromatic heterocycles. The molecule has 166 valence electrons. The maximum atomic E-state index is 12.4. The highest BCUT2D eigenvalue weighted by Gasteiger charge is 2.20. The van der Waals surface area contributed by atoms with Crippen LogP contribution in [0.4, 0.5) is 10.7 Å². The van der Waals surface area contributed by atoms with E-state index >= 15 is 0 Å². The van der Waals surface area contributed by atoms with Crippen LogP contribution in [-0.2, 0) is 14.4 Å². The van der Waals surface area contributed by atoms with Crippen molar-refractivity contribution in [1.82, 2.24) is 0 Å². The second-order valence-electron chi connectivity index (χ2n) is 6.43. The van der Waals surface area contributed by atoms with E-state index in [1.807, 2.05) is 60.9 Å². The third-order valence-corrected chi connectivity index (χ3v) is 5.66. The van der Waals surface area contributed by atoms with Crippen LogP contribution in [0.2, 0.25) is 0 Å². The third-order valence-electron chi connectivity index (χ3n) is 4.12. The molecule has 1 heterocycles. The fourth-order valence-electron chi connectivity index (χ4n) is 2.75. The number of oxime groups is 1. The van der Waals surface area contributed by atoms with Crippen LogP contribution in [0.25, 0.3) is 10.4 Å². The number of hydrogen-bond donors (Lipinski definition) is 2. The summed E-state index contributed by atoms with van der Waals surface area (Å²) in [7, 11) is 0. The van der Waals surface area contributed by atoms with Crippen LogP contribution in [0, 0.1) is 0 Å². The highest BCUT2D eigenvalue weighted by molar-refractivity contribution is 7.99. The summed E-state index contributed by atoms with van der Waals surface area (Å²) in [6, 6.07) is 19.0. The van der Waals surface area contributed by atoms with Gasteiger partial charge in [0.15, 0.2) is 6.61 Å².